The molecule has 0 atom stereocenters. The van der Waals surface area contributed by atoms with Crippen molar-refractivity contribution in [2.75, 3.05) is 26.7 Å². The molecule has 2 aromatic rings. The molecule has 0 aliphatic carbocycles. The molecular formula is C18H26N4OS2. The Bertz CT molecular complexity index is 663. The second-order valence-corrected chi connectivity index (χ2v) is 8.20. The quantitative estimate of drug-likeness (QED) is 0.376. The molecule has 0 radical (unpaired) electrons. The molecule has 2 aromatic heterocycles. The average Bonchev–Trinajstić information content (AvgIpc) is 3.31. The summed E-state index contributed by atoms with van der Waals surface area (Å²) in [5, 5.41) is 13.6. The molecule has 2 rings (SSSR count). The summed E-state index contributed by atoms with van der Waals surface area (Å²) < 4.78 is 0. The van der Waals surface area contributed by atoms with Crippen molar-refractivity contribution in [2.45, 2.75) is 25.7 Å². The van der Waals surface area contributed by atoms with Crippen LogP contribution in [0.5, 0.6) is 0 Å². The third-order valence-electron chi connectivity index (χ3n) is 3.79. The standard InChI is InChI=1S/C18H26N4OS2/c1-18(2,15-8-5-12-25-15)13-22-17(19-3)21-10-6-9-20-16(23)14-7-4-11-24-14/h4-5,7-8,11-12H,6,9-10,13H2,1-3H3,(H,20,23)(H2,19,21,22). The lowest BCUT2D eigenvalue weighted by Gasteiger charge is -2.25. The van der Waals surface area contributed by atoms with Gasteiger partial charge in [0.15, 0.2) is 5.96 Å². The second-order valence-electron chi connectivity index (χ2n) is 6.30. The van der Waals surface area contributed by atoms with Gasteiger partial charge in [0.05, 0.1) is 4.88 Å². The normalized spacial score (nSPS) is 12.0. The number of nitrogens with zero attached hydrogens (tertiary/aromatic N) is 1. The van der Waals surface area contributed by atoms with E-state index >= 15 is 0 Å². The zero-order valence-corrected chi connectivity index (χ0v) is 16.6. The number of amides is 1. The summed E-state index contributed by atoms with van der Waals surface area (Å²) in [6, 6.07) is 7.96. The molecule has 1 amide bonds. The third-order valence-corrected chi connectivity index (χ3v) is 5.89. The maximum absolute atomic E-state index is 11.8. The highest BCUT2D eigenvalue weighted by Crippen LogP contribution is 2.26. The second kappa shape index (κ2) is 9.58. The van der Waals surface area contributed by atoms with Crippen molar-refractivity contribution in [3.63, 3.8) is 0 Å². The van der Waals surface area contributed by atoms with Gasteiger partial charge in [-0.3, -0.25) is 9.79 Å². The van der Waals surface area contributed by atoms with Crippen LogP contribution in [0.2, 0.25) is 0 Å². The van der Waals surface area contributed by atoms with Crippen LogP contribution in [-0.2, 0) is 5.41 Å². The molecule has 0 bridgehead atoms. The van der Waals surface area contributed by atoms with Crippen molar-refractivity contribution >= 4 is 34.5 Å². The summed E-state index contributed by atoms with van der Waals surface area (Å²) in [6.45, 7) is 6.64. The fourth-order valence-electron chi connectivity index (χ4n) is 2.27. The van der Waals surface area contributed by atoms with Gasteiger partial charge in [0.25, 0.3) is 5.91 Å². The first-order valence-electron chi connectivity index (χ1n) is 8.33. The van der Waals surface area contributed by atoms with Crippen LogP contribution in [0.4, 0.5) is 0 Å². The van der Waals surface area contributed by atoms with E-state index in [1.807, 2.05) is 17.5 Å². The maximum Gasteiger partial charge on any atom is 0.261 e. The van der Waals surface area contributed by atoms with Gasteiger partial charge >= 0.3 is 0 Å². The molecule has 0 saturated carbocycles. The van der Waals surface area contributed by atoms with Crippen molar-refractivity contribution in [1.29, 1.82) is 0 Å². The molecule has 0 unspecified atom stereocenters. The van der Waals surface area contributed by atoms with E-state index in [1.54, 1.807) is 18.4 Å². The third kappa shape index (κ3) is 6.17. The largest absolute Gasteiger partial charge is 0.356 e. The number of hydrogen-bond donors (Lipinski definition) is 3. The molecule has 136 valence electrons. The molecule has 0 aromatic carbocycles. The minimum absolute atomic E-state index is 0.00444. The highest BCUT2D eigenvalue weighted by Gasteiger charge is 2.21. The van der Waals surface area contributed by atoms with Gasteiger partial charge in [-0.1, -0.05) is 26.0 Å². The lowest BCUT2D eigenvalue weighted by Crippen LogP contribution is -2.43. The number of hydrogen-bond acceptors (Lipinski definition) is 4. The van der Waals surface area contributed by atoms with E-state index in [2.05, 4.69) is 52.3 Å². The van der Waals surface area contributed by atoms with E-state index in [0.29, 0.717) is 6.54 Å². The van der Waals surface area contributed by atoms with Crippen LogP contribution in [-0.4, -0.2) is 38.5 Å². The van der Waals surface area contributed by atoms with Crippen molar-refractivity contribution < 1.29 is 4.79 Å². The highest BCUT2D eigenvalue weighted by molar-refractivity contribution is 7.12. The van der Waals surface area contributed by atoms with Crippen LogP contribution in [0, 0.1) is 0 Å². The Morgan fingerprint density at radius 3 is 2.44 bits per heavy atom. The lowest BCUT2D eigenvalue weighted by molar-refractivity contribution is 0.0957. The monoisotopic (exact) mass is 378 g/mol. The molecule has 25 heavy (non-hydrogen) atoms. The molecule has 0 spiro atoms. The van der Waals surface area contributed by atoms with Crippen LogP contribution in [0.3, 0.4) is 0 Å². The average molecular weight is 379 g/mol. The first kappa shape index (κ1) is 19.5. The van der Waals surface area contributed by atoms with Gasteiger partial charge in [-0.25, -0.2) is 0 Å². The lowest BCUT2D eigenvalue weighted by atomic mass is 9.91. The summed E-state index contributed by atoms with van der Waals surface area (Å²) >= 11 is 3.23. The van der Waals surface area contributed by atoms with Crippen molar-refractivity contribution in [3.05, 3.63) is 44.8 Å². The topological polar surface area (TPSA) is 65.5 Å². The highest BCUT2D eigenvalue weighted by atomic mass is 32.1. The SMILES string of the molecule is CN=C(NCCCNC(=O)c1cccs1)NCC(C)(C)c1cccs1. The Morgan fingerprint density at radius 1 is 1.08 bits per heavy atom. The van der Waals surface area contributed by atoms with Crippen LogP contribution >= 0.6 is 22.7 Å². The number of thiophene rings is 2. The fourth-order valence-corrected chi connectivity index (χ4v) is 3.76. The van der Waals surface area contributed by atoms with E-state index in [0.717, 1.165) is 30.3 Å². The summed E-state index contributed by atoms with van der Waals surface area (Å²) in [4.78, 5) is 18.2. The fraction of sp³-hybridized carbons (Fsp3) is 0.444. The Balaban J connectivity index is 1.64. The van der Waals surface area contributed by atoms with Crippen LogP contribution in [0.25, 0.3) is 0 Å². The van der Waals surface area contributed by atoms with Crippen LogP contribution in [0.15, 0.2) is 40.0 Å². The number of carbonyl (C=O) groups excluding carboxylic acids is 1. The predicted molar refractivity (Wildman–Crippen MR) is 108 cm³/mol. The molecule has 2 heterocycles. The predicted octanol–water partition coefficient (Wildman–Crippen LogP) is 3.07. The number of carbonyl (C=O) groups is 1. The zero-order chi connectivity index (χ0) is 18.1. The molecule has 0 aliphatic rings. The summed E-state index contributed by atoms with van der Waals surface area (Å²) in [6.07, 6.45) is 0.839. The summed E-state index contributed by atoms with van der Waals surface area (Å²) in [5.41, 5.74) is 0.0560. The van der Waals surface area contributed by atoms with Gasteiger partial charge in [0, 0.05) is 37.0 Å². The van der Waals surface area contributed by atoms with E-state index in [1.165, 1.54) is 16.2 Å². The maximum atomic E-state index is 11.8. The molecule has 0 saturated heterocycles. The molecule has 3 N–H and O–H groups in total. The van der Waals surface area contributed by atoms with Crippen molar-refractivity contribution in [2.24, 2.45) is 4.99 Å². The number of guanidine groups is 1. The number of aliphatic imine (C=N–C) groups is 1. The minimum atomic E-state index is -0.00444. The van der Waals surface area contributed by atoms with Gasteiger partial charge in [0.1, 0.15) is 0 Å². The zero-order valence-electron chi connectivity index (χ0n) is 15.0. The smallest absolute Gasteiger partial charge is 0.261 e. The molecule has 7 heteroatoms. The Labute approximate surface area is 157 Å². The minimum Gasteiger partial charge on any atom is -0.356 e. The molecule has 0 aliphatic heterocycles. The van der Waals surface area contributed by atoms with E-state index in [9.17, 15) is 4.79 Å². The van der Waals surface area contributed by atoms with Crippen molar-refractivity contribution in [3.8, 4) is 0 Å². The number of rotatable bonds is 8. The van der Waals surface area contributed by atoms with E-state index < -0.39 is 0 Å². The molecule has 0 fully saturated rings. The van der Waals surface area contributed by atoms with E-state index in [4.69, 9.17) is 0 Å². The number of nitrogens with one attached hydrogen (secondary N) is 3. The molecular weight excluding hydrogens is 352 g/mol. The Hall–Kier alpha value is -1.86. The van der Waals surface area contributed by atoms with Crippen molar-refractivity contribution in [1.82, 2.24) is 16.0 Å². The van der Waals surface area contributed by atoms with Gasteiger partial charge in [-0.2, -0.15) is 0 Å². The first-order chi connectivity index (χ1) is 12.0. The van der Waals surface area contributed by atoms with Crippen LogP contribution in [0.1, 0.15) is 34.8 Å². The van der Waals surface area contributed by atoms with Gasteiger partial charge in [0.2, 0.25) is 0 Å². The first-order valence-corrected chi connectivity index (χ1v) is 10.1. The Morgan fingerprint density at radius 2 is 1.80 bits per heavy atom. The van der Waals surface area contributed by atoms with Gasteiger partial charge in [-0.05, 0) is 29.3 Å². The summed E-state index contributed by atoms with van der Waals surface area (Å²) in [5.74, 6) is 0.782. The Kier molecular flexibility index (Phi) is 7.46. The van der Waals surface area contributed by atoms with Gasteiger partial charge < -0.3 is 16.0 Å². The summed E-state index contributed by atoms with van der Waals surface area (Å²) in [7, 11) is 1.77. The van der Waals surface area contributed by atoms with Gasteiger partial charge in [-0.15, -0.1) is 22.7 Å². The van der Waals surface area contributed by atoms with Crippen LogP contribution < -0.4 is 16.0 Å². The molecule has 5 nitrogen and oxygen atoms in total. The van der Waals surface area contributed by atoms with E-state index in [-0.39, 0.29) is 11.3 Å².